The van der Waals surface area contributed by atoms with Gasteiger partial charge in [-0.2, -0.15) is 18.3 Å². The number of para-hydroxylation sites is 1. The normalized spacial score (nSPS) is 12.1. The Labute approximate surface area is 127 Å². The molecule has 0 spiro atoms. The fraction of sp³-hybridized carbons (Fsp3) is 0.231. The SMILES string of the molecule is Oc1cccc2oc(=S)n(CCn3ccc(C(F)(F)F)n3)c12. The predicted octanol–water partition coefficient (Wildman–Crippen LogP) is 3.58. The summed E-state index contributed by atoms with van der Waals surface area (Å²) in [4.78, 5) is 0.139. The van der Waals surface area contributed by atoms with Gasteiger partial charge in [0.15, 0.2) is 11.3 Å². The van der Waals surface area contributed by atoms with Crippen molar-refractivity contribution in [2.45, 2.75) is 19.3 Å². The van der Waals surface area contributed by atoms with Crippen LogP contribution in [0.1, 0.15) is 5.69 Å². The fourth-order valence-electron chi connectivity index (χ4n) is 2.15. The summed E-state index contributed by atoms with van der Waals surface area (Å²) in [6, 6.07) is 5.66. The number of fused-ring (bicyclic) bond motifs is 1. The van der Waals surface area contributed by atoms with Crippen LogP contribution < -0.4 is 0 Å². The van der Waals surface area contributed by atoms with Crippen molar-refractivity contribution in [1.82, 2.24) is 14.3 Å². The number of rotatable bonds is 3. The van der Waals surface area contributed by atoms with Crippen LogP contribution in [0.25, 0.3) is 11.1 Å². The number of phenolic OH excluding ortho intramolecular Hbond substituents is 1. The Bertz CT molecular complexity index is 879. The first-order chi connectivity index (χ1) is 10.4. The van der Waals surface area contributed by atoms with Crippen molar-refractivity contribution in [1.29, 1.82) is 0 Å². The number of hydrogen-bond acceptors (Lipinski definition) is 4. The second-order valence-electron chi connectivity index (χ2n) is 4.61. The van der Waals surface area contributed by atoms with Gasteiger partial charge in [0.05, 0.1) is 6.54 Å². The number of alkyl halides is 3. The summed E-state index contributed by atoms with van der Waals surface area (Å²) in [7, 11) is 0. The Kier molecular flexibility index (Phi) is 3.44. The van der Waals surface area contributed by atoms with Crippen LogP contribution in [0.2, 0.25) is 0 Å². The van der Waals surface area contributed by atoms with Crippen LogP contribution in [0.4, 0.5) is 13.2 Å². The standard InChI is InChI=1S/C13H10F3N3O2S/c14-13(15,16)10-4-5-18(17-10)6-7-19-11-8(20)2-1-3-9(11)21-12(19)22/h1-5,20H,6-7H2. The van der Waals surface area contributed by atoms with Crippen molar-refractivity contribution in [3.63, 3.8) is 0 Å². The first-order valence-corrected chi connectivity index (χ1v) is 6.69. The zero-order valence-electron chi connectivity index (χ0n) is 11.0. The summed E-state index contributed by atoms with van der Waals surface area (Å²) in [6.07, 6.45) is -3.23. The van der Waals surface area contributed by atoms with Gasteiger partial charge in [0.25, 0.3) is 4.84 Å². The molecule has 1 aromatic carbocycles. The van der Waals surface area contributed by atoms with E-state index in [0.29, 0.717) is 11.1 Å². The van der Waals surface area contributed by atoms with Gasteiger partial charge in [-0.05, 0) is 30.4 Å². The van der Waals surface area contributed by atoms with E-state index in [9.17, 15) is 18.3 Å². The molecule has 3 rings (SSSR count). The van der Waals surface area contributed by atoms with E-state index < -0.39 is 11.9 Å². The van der Waals surface area contributed by atoms with Crippen LogP contribution in [0.3, 0.4) is 0 Å². The van der Waals surface area contributed by atoms with E-state index in [1.807, 2.05) is 0 Å². The summed E-state index contributed by atoms with van der Waals surface area (Å²) in [5.74, 6) is -0.00574. The van der Waals surface area contributed by atoms with Gasteiger partial charge in [-0.3, -0.25) is 9.25 Å². The van der Waals surface area contributed by atoms with Gasteiger partial charge < -0.3 is 9.52 Å². The number of nitrogens with zero attached hydrogens (tertiary/aromatic N) is 3. The molecule has 0 atom stereocenters. The first-order valence-electron chi connectivity index (χ1n) is 6.28. The minimum Gasteiger partial charge on any atom is -0.506 e. The monoisotopic (exact) mass is 329 g/mol. The summed E-state index contributed by atoms with van der Waals surface area (Å²) in [5, 5.41) is 13.3. The lowest BCUT2D eigenvalue weighted by atomic mass is 10.3. The Morgan fingerprint density at radius 1 is 1.23 bits per heavy atom. The molecule has 0 unspecified atom stereocenters. The van der Waals surface area contributed by atoms with E-state index >= 15 is 0 Å². The van der Waals surface area contributed by atoms with Gasteiger partial charge in [0.1, 0.15) is 11.3 Å². The van der Waals surface area contributed by atoms with Crippen molar-refractivity contribution >= 4 is 23.3 Å². The Balaban J connectivity index is 1.87. The van der Waals surface area contributed by atoms with E-state index in [4.69, 9.17) is 16.6 Å². The second-order valence-corrected chi connectivity index (χ2v) is 4.95. The number of aromatic nitrogens is 3. The molecule has 0 fully saturated rings. The zero-order valence-corrected chi connectivity index (χ0v) is 11.9. The van der Waals surface area contributed by atoms with Crippen molar-refractivity contribution in [2.75, 3.05) is 0 Å². The van der Waals surface area contributed by atoms with Crippen molar-refractivity contribution in [3.8, 4) is 5.75 Å². The molecule has 0 aliphatic rings. The molecule has 0 aliphatic heterocycles. The van der Waals surface area contributed by atoms with Crippen LogP contribution >= 0.6 is 12.2 Å². The van der Waals surface area contributed by atoms with Gasteiger partial charge in [-0.1, -0.05) is 6.07 Å². The first kappa shape index (κ1) is 14.6. The maximum absolute atomic E-state index is 12.5. The molecule has 2 heterocycles. The number of halogens is 3. The number of hydrogen-bond donors (Lipinski definition) is 1. The topological polar surface area (TPSA) is 56.1 Å². The molecule has 9 heteroatoms. The molecule has 3 aromatic rings. The van der Waals surface area contributed by atoms with Gasteiger partial charge in [0.2, 0.25) is 0 Å². The highest BCUT2D eigenvalue weighted by Crippen LogP contribution is 2.28. The third-order valence-electron chi connectivity index (χ3n) is 3.15. The van der Waals surface area contributed by atoms with Crippen molar-refractivity contribution in [2.24, 2.45) is 0 Å². The Morgan fingerprint density at radius 3 is 2.68 bits per heavy atom. The maximum Gasteiger partial charge on any atom is 0.435 e. The second kappa shape index (κ2) is 5.16. The highest BCUT2D eigenvalue weighted by Gasteiger charge is 2.33. The van der Waals surface area contributed by atoms with Gasteiger partial charge in [-0.25, -0.2) is 0 Å². The van der Waals surface area contributed by atoms with E-state index in [1.165, 1.54) is 21.5 Å². The largest absolute Gasteiger partial charge is 0.506 e. The van der Waals surface area contributed by atoms with Crippen molar-refractivity contribution < 1.29 is 22.7 Å². The van der Waals surface area contributed by atoms with Gasteiger partial charge >= 0.3 is 6.18 Å². The Morgan fingerprint density at radius 2 is 2.00 bits per heavy atom. The molecule has 1 N–H and O–H groups in total. The third kappa shape index (κ3) is 2.59. The van der Waals surface area contributed by atoms with Crippen LogP contribution in [0.5, 0.6) is 5.75 Å². The summed E-state index contributed by atoms with van der Waals surface area (Å²) in [6.45, 7) is 0.385. The van der Waals surface area contributed by atoms with Crippen LogP contribution in [0.15, 0.2) is 34.9 Å². The third-order valence-corrected chi connectivity index (χ3v) is 3.45. The minimum atomic E-state index is -4.47. The van der Waals surface area contributed by atoms with E-state index in [0.717, 1.165) is 6.07 Å². The number of aryl methyl sites for hydroxylation is 2. The molecule has 0 bridgehead atoms. The highest BCUT2D eigenvalue weighted by atomic mass is 32.1. The molecule has 0 radical (unpaired) electrons. The zero-order chi connectivity index (χ0) is 15.9. The van der Waals surface area contributed by atoms with Crippen LogP contribution in [-0.2, 0) is 19.3 Å². The number of phenols is 1. The smallest absolute Gasteiger partial charge is 0.435 e. The highest BCUT2D eigenvalue weighted by molar-refractivity contribution is 7.71. The van der Waals surface area contributed by atoms with E-state index in [1.54, 1.807) is 12.1 Å². The lowest BCUT2D eigenvalue weighted by Gasteiger charge is -2.05. The van der Waals surface area contributed by atoms with E-state index in [-0.39, 0.29) is 23.7 Å². The summed E-state index contributed by atoms with van der Waals surface area (Å²) in [5.41, 5.74) is -0.117. The van der Waals surface area contributed by atoms with Crippen molar-refractivity contribution in [3.05, 3.63) is 41.0 Å². The molecule has 5 nitrogen and oxygen atoms in total. The molecule has 2 aromatic heterocycles. The lowest BCUT2D eigenvalue weighted by molar-refractivity contribution is -0.141. The minimum absolute atomic E-state index is 0.00574. The Hall–Kier alpha value is -2.29. The number of benzene rings is 1. The molecular weight excluding hydrogens is 319 g/mol. The van der Waals surface area contributed by atoms with Crippen LogP contribution in [0, 0.1) is 4.84 Å². The molecule has 0 saturated carbocycles. The summed E-state index contributed by atoms with van der Waals surface area (Å²) < 4.78 is 45.5. The predicted molar refractivity (Wildman–Crippen MR) is 73.9 cm³/mol. The fourth-order valence-corrected chi connectivity index (χ4v) is 2.42. The van der Waals surface area contributed by atoms with E-state index in [2.05, 4.69) is 5.10 Å². The molecule has 0 amide bonds. The average molecular weight is 329 g/mol. The van der Waals surface area contributed by atoms with Crippen LogP contribution in [-0.4, -0.2) is 19.5 Å². The number of aromatic hydroxyl groups is 1. The lowest BCUT2D eigenvalue weighted by Crippen LogP contribution is -2.11. The average Bonchev–Trinajstić information content (AvgIpc) is 3.01. The van der Waals surface area contributed by atoms with Gasteiger partial charge in [-0.15, -0.1) is 0 Å². The summed E-state index contributed by atoms with van der Waals surface area (Å²) >= 11 is 5.07. The molecule has 0 aliphatic carbocycles. The molecular formula is C13H10F3N3O2S. The van der Waals surface area contributed by atoms with Gasteiger partial charge in [0, 0.05) is 12.7 Å². The molecule has 22 heavy (non-hydrogen) atoms. The maximum atomic E-state index is 12.5. The number of oxazole rings is 1. The molecule has 116 valence electrons. The molecule has 0 saturated heterocycles. The quantitative estimate of drug-likeness (QED) is 0.746.